The molecule has 0 atom stereocenters. The van der Waals surface area contributed by atoms with E-state index in [1.165, 1.54) is 11.4 Å². The summed E-state index contributed by atoms with van der Waals surface area (Å²) in [6.45, 7) is 9.55. The summed E-state index contributed by atoms with van der Waals surface area (Å²) in [5.74, 6) is 0.440. The van der Waals surface area contributed by atoms with Crippen LogP contribution in [0.4, 0.5) is 0 Å². The molecule has 0 saturated heterocycles. The Hall–Kier alpha value is 0.810. The fourth-order valence-corrected chi connectivity index (χ4v) is 6.15. The summed E-state index contributed by atoms with van der Waals surface area (Å²) < 4.78 is 16.7. The third-order valence-corrected chi connectivity index (χ3v) is 6.78. The molecule has 96 valence electrons. The van der Waals surface area contributed by atoms with E-state index in [-0.39, 0.29) is 0 Å². The summed E-state index contributed by atoms with van der Waals surface area (Å²) in [5, 5.41) is 0. The Morgan fingerprint density at radius 1 is 1.25 bits per heavy atom. The first-order valence-corrected chi connectivity index (χ1v) is 9.65. The van der Waals surface area contributed by atoms with Gasteiger partial charge in [-0.05, 0) is 43.8 Å². The van der Waals surface area contributed by atoms with Gasteiger partial charge >= 0.3 is 0 Å². The van der Waals surface area contributed by atoms with Gasteiger partial charge in [0.1, 0.15) is 0 Å². The van der Waals surface area contributed by atoms with Crippen molar-refractivity contribution in [2.45, 2.75) is 27.7 Å². The van der Waals surface area contributed by atoms with Gasteiger partial charge in [0.15, 0.2) is 0 Å². The van der Waals surface area contributed by atoms with E-state index in [4.69, 9.17) is 37.8 Å². The zero-order valence-electron chi connectivity index (χ0n) is 10.1. The number of rotatable bonds is 7. The molecule has 3 nitrogen and oxygen atoms in total. The van der Waals surface area contributed by atoms with Crippen LogP contribution in [0.5, 0.6) is 0 Å². The maximum atomic E-state index is 5.45. The lowest BCUT2D eigenvalue weighted by molar-refractivity contribution is 0.271. The molecular formula is C9H19O3PS3. The van der Waals surface area contributed by atoms with Gasteiger partial charge in [0.05, 0.1) is 19.8 Å². The van der Waals surface area contributed by atoms with E-state index in [0.717, 1.165) is 0 Å². The first-order chi connectivity index (χ1) is 7.43. The lowest BCUT2D eigenvalue weighted by Crippen LogP contribution is -2.05. The molecule has 0 unspecified atom stereocenters. The van der Waals surface area contributed by atoms with E-state index < -0.39 is 5.69 Å². The van der Waals surface area contributed by atoms with Gasteiger partial charge in [-0.1, -0.05) is 13.8 Å². The van der Waals surface area contributed by atoms with Gasteiger partial charge in [-0.3, -0.25) is 0 Å². The summed E-state index contributed by atoms with van der Waals surface area (Å²) >= 11 is 11.6. The van der Waals surface area contributed by atoms with Crippen molar-refractivity contribution in [1.29, 1.82) is 0 Å². The van der Waals surface area contributed by atoms with Gasteiger partial charge in [0.25, 0.3) is 5.69 Å². The molecule has 0 aliphatic rings. The second-order valence-corrected chi connectivity index (χ2v) is 10.0. The Morgan fingerprint density at radius 2 is 1.75 bits per heavy atom. The highest BCUT2D eigenvalue weighted by Gasteiger charge is 2.22. The van der Waals surface area contributed by atoms with Gasteiger partial charge in [0.2, 0.25) is 4.38 Å². The lowest BCUT2D eigenvalue weighted by atomic mass is 10.2. The Labute approximate surface area is 113 Å². The van der Waals surface area contributed by atoms with E-state index in [1.807, 2.05) is 13.8 Å². The Bertz CT molecular complexity index is 248. The van der Waals surface area contributed by atoms with Crippen molar-refractivity contribution in [2.75, 3.05) is 19.8 Å². The molecule has 0 rings (SSSR count). The minimum Gasteiger partial charge on any atom is -0.478 e. The van der Waals surface area contributed by atoms with E-state index >= 15 is 0 Å². The third-order valence-electron chi connectivity index (χ3n) is 1.30. The fraction of sp³-hybridized carbons (Fsp3) is 0.889. The van der Waals surface area contributed by atoms with Crippen molar-refractivity contribution in [3.63, 3.8) is 0 Å². The van der Waals surface area contributed by atoms with E-state index in [9.17, 15) is 0 Å². The van der Waals surface area contributed by atoms with E-state index in [2.05, 4.69) is 13.8 Å². The molecule has 0 saturated carbocycles. The third kappa shape index (κ3) is 7.98. The standard InChI is InChI=1S/C9H19O3PS3/c1-5-11-13(15,12-6-2)16-9(14)10-7-8(3)4/h8H,5-7H2,1-4H3. The van der Waals surface area contributed by atoms with Crippen LogP contribution in [-0.2, 0) is 25.6 Å². The predicted octanol–water partition coefficient (Wildman–Crippen LogP) is 3.97. The Kier molecular flexibility index (Phi) is 9.28. The molecule has 0 aliphatic heterocycles. The molecule has 0 bridgehead atoms. The van der Waals surface area contributed by atoms with Crippen molar-refractivity contribution in [3.05, 3.63) is 0 Å². The van der Waals surface area contributed by atoms with Gasteiger partial charge in [0, 0.05) is 11.4 Å². The van der Waals surface area contributed by atoms with Crippen LogP contribution in [0.25, 0.3) is 0 Å². The lowest BCUT2D eigenvalue weighted by Gasteiger charge is -2.20. The summed E-state index contributed by atoms with van der Waals surface area (Å²) in [6.07, 6.45) is 0. The molecule has 0 aromatic heterocycles. The predicted molar refractivity (Wildman–Crippen MR) is 78.5 cm³/mol. The average Bonchev–Trinajstić information content (AvgIpc) is 2.15. The van der Waals surface area contributed by atoms with Gasteiger partial charge in [-0.2, -0.15) is 0 Å². The van der Waals surface area contributed by atoms with Crippen molar-refractivity contribution in [1.82, 2.24) is 0 Å². The minimum absolute atomic E-state index is 0.416. The molecule has 16 heavy (non-hydrogen) atoms. The normalized spacial score (nSPS) is 11.8. The van der Waals surface area contributed by atoms with Gasteiger partial charge < -0.3 is 13.8 Å². The van der Waals surface area contributed by atoms with Crippen LogP contribution in [0, 0.1) is 5.92 Å². The number of hydrogen-bond donors (Lipinski definition) is 0. The topological polar surface area (TPSA) is 27.7 Å². The van der Waals surface area contributed by atoms with Crippen LogP contribution < -0.4 is 0 Å². The molecule has 0 aliphatic carbocycles. The molecule has 0 amide bonds. The number of hydrogen-bond acceptors (Lipinski definition) is 6. The molecule has 7 heteroatoms. The molecule has 0 aromatic carbocycles. The van der Waals surface area contributed by atoms with Crippen molar-refractivity contribution >= 4 is 45.5 Å². The number of ether oxygens (including phenoxy) is 1. The molecule has 0 spiro atoms. The van der Waals surface area contributed by atoms with Crippen molar-refractivity contribution in [2.24, 2.45) is 5.92 Å². The van der Waals surface area contributed by atoms with Crippen LogP contribution in [0.1, 0.15) is 27.7 Å². The highest BCUT2D eigenvalue weighted by atomic mass is 32.9. The van der Waals surface area contributed by atoms with Crippen LogP contribution in [0.2, 0.25) is 0 Å². The average molecular weight is 302 g/mol. The summed E-state index contributed by atoms with van der Waals surface area (Å²) in [6, 6.07) is 0. The molecule has 0 heterocycles. The zero-order chi connectivity index (χ0) is 12.6. The largest absolute Gasteiger partial charge is 0.478 e. The summed E-state index contributed by atoms with van der Waals surface area (Å²) in [7, 11) is 0. The van der Waals surface area contributed by atoms with Crippen molar-refractivity contribution < 1.29 is 13.8 Å². The monoisotopic (exact) mass is 302 g/mol. The van der Waals surface area contributed by atoms with Gasteiger partial charge in [-0.15, -0.1) is 0 Å². The maximum absolute atomic E-state index is 5.45. The quantitative estimate of drug-likeness (QED) is 0.522. The van der Waals surface area contributed by atoms with Crippen LogP contribution in [0.15, 0.2) is 0 Å². The van der Waals surface area contributed by atoms with Crippen LogP contribution in [0.3, 0.4) is 0 Å². The molecule has 0 aromatic rings. The van der Waals surface area contributed by atoms with E-state index in [0.29, 0.717) is 30.1 Å². The molecule has 0 radical (unpaired) electrons. The first-order valence-electron chi connectivity index (χ1n) is 5.19. The number of thiocarbonyl (C=S) groups is 1. The van der Waals surface area contributed by atoms with Crippen molar-refractivity contribution in [3.8, 4) is 0 Å². The smallest absolute Gasteiger partial charge is 0.255 e. The summed E-state index contributed by atoms with van der Waals surface area (Å²) in [4.78, 5) is 0. The van der Waals surface area contributed by atoms with E-state index in [1.54, 1.807) is 0 Å². The van der Waals surface area contributed by atoms with Crippen LogP contribution >= 0.6 is 29.3 Å². The summed E-state index contributed by atoms with van der Waals surface area (Å²) in [5.41, 5.74) is -2.35. The zero-order valence-corrected chi connectivity index (χ0v) is 13.4. The van der Waals surface area contributed by atoms with Gasteiger partial charge in [-0.25, -0.2) is 0 Å². The second kappa shape index (κ2) is 8.84. The molecule has 0 fully saturated rings. The second-order valence-electron chi connectivity index (χ2n) is 3.33. The first kappa shape index (κ1) is 16.8. The Balaban J connectivity index is 4.18. The molecular weight excluding hydrogens is 283 g/mol. The Morgan fingerprint density at radius 3 is 2.12 bits per heavy atom. The molecule has 0 N–H and O–H groups in total. The fourth-order valence-electron chi connectivity index (χ4n) is 0.759. The minimum atomic E-state index is -2.35. The highest BCUT2D eigenvalue weighted by Crippen LogP contribution is 2.61. The van der Waals surface area contributed by atoms with Crippen LogP contribution in [-0.4, -0.2) is 24.2 Å². The highest BCUT2D eigenvalue weighted by molar-refractivity contribution is 8.75. The SMILES string of the molecule is CCOP(=S)(OCC)SC(=S)OCC(C)C. The maximum Gasteiger partial charge on any atom is 0.255 e.